The van der Waals surface area contributed by atoms with E-state index in [1.54, 1.807) is 24.9 Å². The number of hydrogen-bond acceptors (Lipinski definition) is 7. The van der Waals surface area contributed by atoms with Crippen molar-refractivity contribution in [2.24, 2.45) is 5.73 Å². The average Bonchev–Trinajstić information content (AvgIpc) is 3.45. The van der Waals surface area contributed by atoms with Gasteiger partial charge in [0.25, 0.3) is 0 Å². The number of carbonyl (C=O) groups is 2. The molecule has 43 heavy (non-hydrogen) atoms. The highest BCUT2D eigenvalue weighted by molar-refractivity contribution is 5.85. The zero-order valence-electron chi connectivity index (χ0n) is 24.0. The second-order valence-corrected chi connectivity index (χ2v) is 10.8. The Morgan fingerprint density at radius 2 is 1.72 bits per heavy atom. The lowest BCUT2D eigenvalue weighted by atomic mass is 10.0. The van der Waals surface area contributed by atoms with E-state index in [0.29, 0.717) is 44.4 Å². The van der Waals surface area contributed by atoms with Crippen molar-refractivity contribution in [3.05, 3.63) is 96.1 Å². The van der Waals surface area contributed by atoms with Gasteiger partial charge in [-0.05, 0) is 42.7 Å². The van der Waals surface area contributed by atoms with E-state index in [-0.39, 0.29) is 26.5 Å². The molecule has 2 aromatic heterocycles. The molecule has 1 aliphatic heterocycles. The molecule has 3 heterocycles. The van der Waals surface area contributed by atoms with Crippen molar-refractivity contribution in [2.45, 2.75) is 46.1 Å². The molecule has 228 valence electrons. The Kier molecular flexibility index (Phi) is 10.5. The molecular formula is C33H41N5O5. The summed E-state index contributed by atoms with van der Waals surface area (Å²) in [6.45, 7) is 5.78. The van der Waals surface area contributed by atoms with E-state index in [2.05, 4.69) is 28.5 Å². The minimum absolute atomic E-state index is 0. The van der Waals surface area contributed by atoms with Gasteiger partial charge in [0, 0.05) is 13.1 Å². The molecule has 1 aliphatic rings. The van der Waals surface area contributed by atoms with Gasteiger partial charge in [0.05, 0.1) is 49.4 Å². The minimum atomic E-state index is -1.11. The number of nitrogens with one attached hydrogen (secondary N) is 1. The number of hydrogen-bond donors (Lipinski definition) is 2. The van der Waals surface area contributed by atoms with Crippen LogP contribution in [0.1, 0.15) is 44.4 Å². The molecule has 1 saturated heterocycles. The highest BCUT2D eigenvalue weighted by atomic mass is 16.6. The molecule has 0 unspecified atom stereocenters. The second-order valence-electron chi connectivity index (χ2n) is 10.8. The summed E-state index contributed by atoms with van der Waals surface area (Å²) in [6.07, 6.45) is 1.33. The van der Waals surface area contributed by atoms with E-state index in [9.17, 15) is 9.59 Å². The van der Waals surface area contributed by atoms with Gasteiger partial charge in [-0.15, -0.1) is 0 Å². The zero-order chi connectivity index (χ0) is 29.5. The maximum Gasteiger partial charge on any atom is 0.410 e. The van der Waals surface area contributed by atoms with Crippen LogP contribution < -0.4 is 11.1 Å². The molecule has 1 atom stereocenters. The number of imidazole rings is 1. The maximum atomic E-state index is 13.0. The molecule has 4 aromatic rings. The SMILES string of the molecule is C.CC(C)(N)C(=O)N[C@H](COCc1ccccc1-c1ccccc1)c1ncc2cccc(COC(=O)N3CCOCC3)n12. The number of nitrogens with zero attached hydrogens (tertiary/aromatic N) is 3. The van der Waals surface area contributed by atoms with E-state index >= 15 is 0 Å². The number of amides is 2. The van der Waals surface area contributed by atoms with Crippen LogP contribution in [0.25, 0.3) is 16.6 Å². The lowest BCUT2D eigenvalue weighted by Gasteiger charge is -2.26. The zero-order valence-corrected chi connectivity index (χ0v) is 24.0. The van der Waals surface area contributed by atoms with Crippen molar-refractivity contribution >= 4 is 17.5 Å². The predicted molar refractivity (Wildman–Crippen MR) is 165 cm³/mol. The van der Waals surface area contributed by atoms with Crippen molar-refractivity contribution in [3.8, 4) is 11.1 Å². The van der Waals surface area contributed by atoms with E-state index in [4.69, 9.17) is 19.9 Å². The van der Waals surface area contributed by atoms with Gasteiger partial charge in [-0.2, -0.15) is 0 Å². The van der Waals surface area contributed by atoms with Gasteiger partial charge in [-0.25, -0.2) is 9.78 Å². The van der Waals surface area contributed by atoms with Crippen molar-refractivity contribution in [1.82, 2.24) is 19.6 Å². The smallest absolute Gasteiger partial charge is 0.410 e. The third kappa shape index (κ3) is 7.78. The molecule has 0 spiro atoms. The second kappa shape index (κ2) is 14.3. The van der Waals surface area contributed by atoms with Gasteiger partial charge < -0.3 is 30.2 Å². The summed E-state index contributed by atoms with van der Waals surface area (Å²) < 4.78 is 19.1. The third-order valence-electron chi connectivity index (χ3n) is 7.12. The Bertz CT molecular complexity index is 1510. The number of pyridine rings is 1. The van der Waals surface area contributed by atoms with E-state index in [1.165, 1.54) is 0 Å². The van der Waals surface area contributed by atoms with Crippen molar-refractivity contribution in [1.29, 1.82) is 0 Å². The molecule has 2 amide bonds. The number of morpholine rings is 1. The quantitative estimate of drug-likeness (QED) is 0.276. The first-order valence-electron chi connectivity index (χ1n) is 14.1. The topological polar surface area (TPSA) is 120 Å². The summed E-state index contributed by atoms with van der Waals surface area (Å²) in [6, 6.07) is 23.2. The van der Waals surface area contributed by atoms with Crippen LogP contribution in [0, 0.1) is 0 Å². The van der Waals surface area contributed by atoms with Crippen molar-refractivity contribution < 1.29 is 23.8 Å². The summed E-state index contributed by atoms with van der Waals surface area (Å²) in [7, 11) is 0. The first-order chi connectivity index (χ1) is 20.3. The molecule has 10 heteroatoms. The summed E-state index contributed by atoms with van der Waals surface area (Å²) in [5.41, 5.74) is 9.73. The lowest BCUT2D eigenvalue weighted by Crippen LogP contribution is -2.51. The van der Waals surface area contributed by atoms with Crippen LogP contribution in [0.2, 0.25) is 0 Å². The largest absolute Gasteiger partial charge is 0.443 e. The monoisotopic (exact) mass is 587 g/mol. The third-order valence-corrected chi connectivity index (χ3v) is 7.12. The fourth-order valence-corrected chi connectivity index (χ4v) is 4.83. The average molecular weight is 588 g/mol. The molecule has 10 nitrogen and oxygen atoms in total. The van der Waals surface area contributed by atoms with E-state index < -0.39 is 17.7 Å². The van der Waals surface area contributed by atoms with Crippen LogP contribution in [0.15, 0.2) is 79.0 Å². The maximum absolute atomic E-state index is 13.0. The summed E-state index contributed by atoms with van der Waals surface area (Å²) in [5.74, 6) is 0.214. The van der Waals surface area contributed by atoms with Gasteiger partial charge in [0.2, 0.25) is 5.91 Å². The Morgan fingerprint density at radius 1 is 1.00 bits per heavy atom. The van der Waals surface area contributed by atoms with Gasteiger partial charge >= 0.3 is 6.09 Å². The van der Waals surface area contributed by atoms with E-state index in [1.807, 2.05) is 59.0 Å². The first kappa shape index (κ1) is 31.7. The molecule has 0 saturated carbocycles. The Hall–Kier alpha value is -4.25. The van der Waals surface area contributed by atoms with Crippen LogP contribution >= 0.6 is 0 Å². The van der Waals surface area contributed by atoms with Crippen LogP contribution in [0.3, 0.4) is 0 Å². The standard InChI is InChI=1S/C32H37N5O5.CH4/c1-32(2,33)30(38)35-28(22-41-20-24-11-6-7-14-27(24)23-9-4-3-5-10-23)29-34-19-25-12-8-13-26(37(25)29)21-42-31(39)36-15-17-40-18-16-36;/h3-14,19,28H,15-18,20-22,33H2,1-2H3,(H,35,38);1H4/t28-;/m1./s1. The predicted octanol–water partition coefficient (Wildman–Crippen LogP) is 4.72. The van der Waals surface area contributed by atoms with Crippen LogP contribution in [-0.4, -0.2) is 64.7 Å². The lowest BCUT2D eigenvalue weighted by molar-refractivity contribution is -0.126. The molecule has 3 N–H and O–H groups in total. The fourth-order valence-electron chi connectivity index (χ4n) is 4.83. The molecule has 0 aliphatic carbocycles. The molecular weight excluding hydrogens is 546 g/mol. The van der Waals surface area contributed by atoms with Gasteiger partial charge in [-0.3, -0.25) is 9.20 Å². The van der Waals surface area contributed by atoms with E-state index in [0.717, 1.165) is 22.2 Å². The number of ether oxygens (including phenoxy) is 3. The van der Waals surface area contributed by atoms with Crippen molar-refractivity contribution in [3.63, 3.8) is 0 Å². The van der Waals surface area contributed by atoms with Crippen molar-refractivity contribution in [2.75, 3.05) is 32.9 Å². The van der Waals surface area contributed by atoms with Crippen LogP contribution in [0.4, 0.5) is 4.79 Å². The molecule has 1 fully saturated rings. The number of benzene rings is 2. The van der Waals surface area contributed by atoms with Gasteiger partial charge in [-0.1, -0.05) is 68.1 Å². The molecule has 0 bridgehead atoms. The normalized spacial score (nSPS) is 14.2. The number of nitrogens with two attached hydrogens (primary N) is 1. The first-order valence-corrected chi connectivity index (χ1v) is 14.1. The molecule has 5 rings (SSSR count). The highest BCUT2D eigenvalue weighted by Gasteiger charge is 2.28. The minimum Gasteiger partial charge on any atom is -0.443 e. The van der Waals surface area contributed by atoms with Crippen LogP contribution in [0.5, 0.6) is 0 Å². The fraction of sp³-hybridized carbons (Fsp3) is 0.364. The Balaban J connectivity index is 0.00000423. The number of fused-ring (bicyclic) bond motifs is 1. The van der Waals surface area contributed by atoms with Gasteiger partial charge in [0.1, 0.15) is 18.5 Å². The number of aromatic nitrogens is 2. The summed E-state index contributed by atoms with van der Waals surface area (Å²) in [4.78, 5) is 32.0. The summed E-state index contributed by atoms with van der Waals surface area (Å²) >= 11 is 0. The highest BCUT2D eigenvalue weighted by Crippen LogP contribution is 2.25. The Morgan fingerprint density at radius 3 is 2.47 bits per heavy atom. The summed E-state index contributed by atoms with van der Waals surface area (Å²) in [5, 5.41) is 3.03. The number of rotatable bonds is 10. The molecule has 2 aromatic carbocycles. The Labute approximate surface area is 252 Å². The van der Waals surface area contributed by atoms with Gasteiger partial charge in [0.15, 0.2) is 0 Å². The molecule has 0 radical (unpaired) electrons. The number of carbonyl (C=O) groups excluding carboxylic acids is 2. The van der Waals surface area contributed by atoms with Crippen LogP contribution in [-0.2, 0) is 32.2 Å².